The number of halogens is 1. The van der Waals surface area contributed by atoms with Crippen LogP contribution in [0.2, 0.25) is 0 Å². The molecule has 4 rings (SSSR count). The molecule has 0 aliphatic carbocycles. The molecule has 5 heteroatoms. The molecule has 28 heavy (non-hydrogen) atoms. The molecule has 0 bridgehead atoms. The number of para-hydroxylation sites is 1. The van der Waals surface area contributed by atoms with Crippen molar-refractivity contribution in [1.29, 1.82) is 0 Å². The van der Waals surface area contributed by atoms with Crippen molar-refractivity contribution in [2.75, 3.05) is 7.11 Å². The van der Waals surface area contributed by atoms with E-state index in [9.17, 15) is 4.79 Å². The summed E-state index contributed by atoms with van der Waals surface area (Å²) < 4.78 is 7.85. The third kappa shape index (κ3) is 3.62. The van der Waals surface area contributed by atoms with Crippen LogP contribution in [0.15, 0.2) is 82.1 Å². The molecule has 0 unspecified atom stereocenters. The van der Waals surface area contributed by atoms with Crippen molar-refractivity contribution in [3.05, 3.63) is 99.0 Å². The lowest BCUT2D eigenvalue weighted by molar-refractivity contribution is 0.414. The van der Waals surface area contributed by atoms with E-state index >= 15 is 0 Å². The number of hydrogen-bond acceptors (Lipinski definition) is 3. The van der Waals surface area contributed by atoms with Crippen LogP contribution in [-0.2, 0) is 0 Å². The molecule has 0 saturated heterocycles. The van der Waals surface area contributed by atoms with Gasteiger partial charge in [-0.25, -0.2) is 4.98 Å². The fraction of sp³-hybridized carbons (Fsp3) is 0.0435. The van der Waals surface area contributed by atoms with Gasteiger partial charge < -0.3 is 4.74 Å². The first-order chi connectivity index (χ1) is 13.7. The first-order valence-corrected chi connectivity index (χ1v) is 9.55. The van der Waals surface area contributed by atoms with Crippen LogP contribution in [0.5, 0.6) is 5.75 Å². The van der Waals surface area contributed by atoms with E-state index in [1.54, 1.807) is 17.7 Å². The number of fused-ring (bicyclic) bond motifs is 1. The van der Waals surface area contributed by atoms with Gasteiger partial charge in [-0.2, -0.15) is 0 Å². The molecule has 1 aromatic heterocycles. The zero-order valence-electron chi connectivity index (χ0n) is 15.2. The van der Waals surface area contributed by atoms with Gasteiger partial charge >= 0.3 is 0 Å². The van der Waals surface area contributed by atoms with E-state index in [4.69, 9.17) is 9.72 Å². The summed E-state index contributed by atoms with van der Waals surface area (Å²) in [7, 11) is 1.62. The molecule has 0 aliphatic rings. The minimum absolute atomic E-state index is 0.107. The van der Waals surface area contributed by atoms with Gasteiger partial charge in [-0.05, 0) is 60.2 Å². The van der Waals surface area contributed by atoms with Gasteiger partial charge in [-0.1, -0.05) is 46.3 Å². The normalized spacial score (nSPS) is 11.2. The van der Waals surface area contributed by atoms with Crippen LogP contribution in [0.1, 0.15) is 11.4 Å². The quantitative estimate of drug-likeness (QED) is 0.437. The average Bonchev–Trinajstić information content (AvgIpc) is 2.73. The molecule has 4 nitrogen and oxygen atoms in total. The second-order valence-corrected chi connectivity index (χ2v) is 7.13. The third-order valence-corrected chi connectivity index (χ3v) is 4.90. The van der Waals surface area contributed by atoms with Crippen LogP contribution in [0.4, 0.5) is 0 Å². The van der Waals surface area contributed by atoms with Gasteiger partial charge in [0, 0.05) is 4.47 Å². The lowest BCUT2D eigenvalue weighted by atomic mass is 10.2. The Bertz CT molecular complexity index is 1230. The molecule has 0 amide bonds. The Labute approximate surface area is 170 Å². The van der Waals surface area contributed by atoms with Crippen LogP contribution in [0.25, 0.3) is 28.7 Å². The zero-order valence-corrected chi connectivity index (χ0v) is 16.8. The summed E-state index contributed by atoms with van der Waals surface area (Å²) >= 11 is 3.48. The standard InChI is InChI=1S/C23H17BrN2O2/c1-28-19-12-10-18(11-13-19)26-22(14-9-16-5-4-6-17(24)15-16)25-21-8-3-2-7-20(21)23(26)27/h2-15H,1H3/b14-9-. The van der Waals surface area contributed by atoms with Crippen molar-refractivity contribution in [3.63, 3.8) is 0 Å². The number of methoxy groups -OCH3 is 1. The Morgan fingerprint density at radius 1 is 0.964 bits per heavy atom. The number of benzene rings is 3. The highest BCUT2D eigenvalue weighted by molar-refractivity contribution is 9.10. The van der Waals surface area contributed by atoms with Gasteiger partial charge in [-0.15, -0.1) is 0 Å². The van der Waals surface area contributed by atoms with Gasteiger partial charge in [0.25, 0.3) is 5.56 Å². The molecular weight excluding hydrogens is 416 g/mol. The topological polar surface area (TPSA) is 44.1 Å². The monoisotopic (exact) mass is 432 g/mol. The molecule has 1 heterocycles. The van der Waals surface area contributed by atoms with E-state index in [0.717, 1.165) is 21.5 Å². The van der Waals surface area contributed by atoms with Crippen molar-refractivity contribution in [1.82, 2.24) is 9.55 Å². The summed E-state index contributed by atoms with van der Waals surface area (Å²) in [6.45, 7) is 0. The number of ether oxygens (including phenoxy) is 1. The summed E-state index contributed by atoms with van der Waals surface area (Å²) in [5.41, 5.74) is 2.31. The Morgan fingerprint density at radius 3 is 2.50 bits per heavy atom. The van der Waals surface area contributed by atoms with Gasteiger partial charge in [0.1, 0.15) is 11.6 Å². The summed E-state index contributed by atoms with van der Waals surface area (Å²) in [5, 5.41) is 0.581. The van der Waals surface area contributed by atoms with Gasteiger partial charge in [-0.3, -0.25) is 9.36 Å². The second kappa shape index (κ2) is 7.82. The summed E-state index contributed by atoms with van der Waals surface area (Å²) in [5.74, 6) is 1.30. The van der Waals surface area contributed by atoms with Crippen LogP contribution in [0, 0.1) is 0 Å². The fourth-order valence-electron chi connectivity index (χ4n) is 3.02. The SMILES string of the molecule is COc1ccc(-n2c(/C=C\c3cccc(Br)c3)nc3ccccc3c2=O)cc1. The molecule has 0 fully saturated rings. The first-order valence-electron chi connectivity index (χ1n) is 8.75. The maximum absolute atomic E-state index is 13.2. The van der Waals surface area contributed by atoms with Crippen LogP contribution in [0.3, 0.4) is 0 Å². The van der Waals surface area contributed by atoms with Crippen LogP contribution < -0.4 is 10.3 Å². The van der Waals surface area contributed by atoms with E-state index in [1.807, 2.05) is 78.9 Å². The number of nitrogens with zero attached hydrogens (tertiary/aromatic N) is 2. The lowest BCUT2D eigenvalue weighted by Crippen LogP contribution is -2.22. The van der Waals surface area contributed by atoms with Crippen molar-refractivity contribution < 1.29 is 4.74 Å². The molecule has 0 radical (unpaired) electrons. The molecule has 0 N–H and O–H groups in total. The predicted octanol–water partition coefficient (Wildman–Crippen LogP) is 5.33. The van der Waals surface area contributed by atoms with E-state index in [0.29, 0.717) is 16.7 Å². The first kappa shape index (κ1) is 18.2. The fourth-order valence-corrected chi connectivity index (χ4v) is 3.44. The van der Waals surface area contributed by atoms with Crippen molar-refractivity contribution in [2.45, 2.75) is 0 Å². The predicted molar refractivity (Wildman–Crippen MR) is 117 cm³/mol. The van der Waals surface area contributed by atoms with Gasteiger partial charge in [0.15, 0.2) is 0 Å². The van der Waals surface area contributed by atoms with E-state index < -0.39 is 0 Å². The number of hydrogen-bond donors (Lipinski definition) is 0. The van der Waals surface area contributed by atoms with Crippen molar-refractivity contribution in [2.24, 2.45) is 0 Å². The Kier molecular flexibility index (Phi) is 5.08. The number of aromatic nitrogens is 2. The van der Waals surface area contributed by atoms with E-state index in [-0.39, 0.29) is 5.56 Å². The highest BCUT2D eigenvalue weighted by Gasteiger charge is 2.11. The Hall–Kier alpha value is -3.18. The molecule has 3 aromatic carbocycles. The van der Waals surface area contributed by atoms with E-state index in [2.05, 4.69) is 15.9 Å². The molecule has 4 aromatic rings. The Morgan fingerprint density at radius 2 is 1.75 bits per heavy atom. The molecular formula is C23H17BrN2O2. The number of rotatable bonds is 4. The summed E-state index contributed by atoms with van der Waals surface area (Å²) in [6, 6.07) is 22.7. The van der Waals surface area contributed by atoms with Crippen LogP contribution in [-0.4, -0.2) is 16.7 Å². The van der Waals surface area contributed by atoms with Crippen LogP contribution >= 0.6 is 15.9 Å². The van der Waals surface area contributed by atoms with Gasteiger partial charge in [0.05, 0.1) is 23.7 Å². The van der Waals surface area contributed by atoms with Crippen molar-refractivity contribution in [3.8, 4) is 11.4 Å². The molecule has 0 aliphatic heterocycles. The summed E-state index contributed by atoms with van der Waals surface area (Å²) in [4.78, 5) is 17.9. The minimum Gasteiger partial charge on any atom is -0.497 e. The van der Waals surface area contributed by atoms with Crippen molar-refractivity contribution >= 4 is 39.0 Å². The smallest absolute Gasteiger partial charge is 0.266 e. The van der Waals surface area contributed by atoms with E-state index in [1.165, 1.54) is 0 Å². The molecule has 0 atom stereocenters. The largest absolute Gasteiger partial charge is 0.497 e. The maximum Gasteiger partial charge on any atom is 0.266 e. The van der Waals surface area contributed by atoms with Gasteiger partial charge in [0.2, 0.25) is 0 Å². The highest BCUT2D eigenvalue weighted by atomic mass is 79.9. The molecule has 138 valence electrons. The molecule has 0 saturated carbocycles. The summed E-state index contributed by atoms with van der Waals surface area (Å²) in [6.07, 6.45) is 3.81. The molecule has 0 spiro atoms. The zero-order chi connectivity index (χ0) is 19.5. The maximum atomic E-state index is 13.2. The minimum atomic E-state index is -0.107. The Balaban J connectivity index is 1.91. The second-order valence-electron chi connectivity index (χ2n) is 6.21. The third-order valence-electron chi connectivity index (χ3n) is 4.41. The average molecular weight is 433 g/mol. The lowest BCUT2D eigenvalue weighted by Gasteiger charge is -2.12. The highest BCUT2D eigenvalue weighted by Crippen LogP contribution is 2.19.